The third-order valence-corrected chi connectivity index (χ3v) is 6.41. The topological polar surface area (TPSA) is 101 Å². The molecule has 0 aromatic carbocycles. The van der Waals surface area contributed by atoms with Crippen LogP contribution in [0.25, 0.3) is 0 Å². The fraction of sp³-hybridized carbons (Fsp3) is 0.947. The van der Waals surface area contributed by atoms with E-state index in [2.05, 4.69) is 58.0 Å². The van der Waals surface area contributed by atoms with E-state index in [4.69, 9.17) is 0 Å². The summed E-state index contributed by atoms with van der Waals surface area (Å²) < 4.78 is 0. The summed E-state index contributed by atoms with van der Waals surface area (Å²) in [6.07, 6.45) is 5.44. The molecular formula is C19H39N7O. The molecule has 7 unspecified atom stereocenters. The zero-order valence-electron chi connectivity index (χ0n) is 17.1. The molecule has 2 aliphatic heterocycles. The van der Waals surface area contributed by atoms with Crippen molar-refractivity contribution in [2.45, 2.75) is 83.5 Å². The third-order valence-electron chi connectivity index (χ3n) is 6.41. The normalized spacial score (nSPS) is 39.9. The lowest BCUT2D eigenvalue weighted by Crippen LogP contribution is -2.68. The molecule has 8 heteroatoms. The molecule has 0 radical (unpaired) electrons. The van der Waals surface area contributed by atoms with Gasteiger partial charge in [0.2, 0.25) is 0 Å². The van der Waals surface area contributed by atoms with E-state index in [1.54, 1.807) is 0 Å². The van der Waals surface area contributed by atoms with Gasteiger partial charge in [-0.25, -0.2) is 4.79 Å². The molecule has 156 valence electrons. The van der Waals surface area contributed by atoms with Gasteiger partial charge in [-0.2, -0.15) is 0 Å². The highest BCUT2D eigenvalue weighted by molar-refractivity contribution is 5.74. The summed E-state index contributed by atoms with van der Waals surface area (Å²) in [5.41, 5.74) is 0. The first-order valence-electron chi connectivity index (χ1n) is 10.8. The monoisotopic (exact) mass is 381 g/mol. The summed E-state index contributed by atoms with van der Waals surface area (Å²) in [7, 11) is 0. The van der Waals surface area contributed by atoms with Gasteiger partial charge in [-0.1, -0.05) is 13.8 Å². The van der Waals surface area contributed by atoms with Crippen LogP contribution in [0.4, 0.5) is 4.79 Å². The Kier molecular flexibility index (Phi) is 7.72. The highest BCUT2D eigenvalue weighted by Gasteiger charge is 2.28. The van der Waals surface area contributed by atoms with Crippen molar-refractivity contribution >= 4 is 6.03 Å². The van der Waals surface area contributed by atoms with E-state index < -0.39 is 0 Å². The summed E-state index contributed by atoms with van der Waals surface area (Å²) in [5, 5.41) is 23.4. The second-order valence-electron chi connectivity index (χ2n) is 8.81. The van der Waals surface area contributed by atoms with Crippen molar-refractivity contribution in [2.75, 3.05) is 19.8 Å². The number of hydrogen-bond acceptors (Lipinski definition) is 6. The maximum atomic E-state index is 12.4. The Bertz CT molecular complexity index is 471. The fourth-order valence-electron chi connectivity index (χ4n) is 4.46. The maximum Gasteiger partial charge on any atom is 0.317 e. The summed E-state index contributed by atoms with van der Waals surface area (Å²) in [5.74, 6) is 1.43. The second kappa shape index (κ2) is 10.0. The second-order valence-corrected chi connectivity index (χ2v) is 8.81. The molecule has 7 atom stereocenters. The molecule has 2 heterocycles. The Morgan fingerprint density at radius 2 is 1.89 bits per heavy atom. The van der Waals surface area contributed by atoms with Crippen molar-refractivity contribution < 1.29 is 4.79 Å². The van der Waals surface area contributed by atoms with Gasteiger partial charge in [-0.15, -0.1) is 0 Å². The molecule has 27 heavy (non-hydrogen) atoms. The number of carbonyl (C=O) groups is 1. The van der Waals surface area contributed by atoms with Crippen LogP contribution in [0, 0.1) is 11.8 Å². The van der Waals surface area contributed by atoms with E-state index in [9.17, 15) is 4.79 Å². The lowest BCUT2D eigenvalue weighted by molar-refractivity contribution is 0.178. The Morgan fingerprint density at radius 1 is 1.04 bits per heavy atom. The van der Waals surface area contributed by atoms with E-state index >= 15 is 0 Å². The van der Waals surface area contributed by atoms with Gasteiger partial charge in [0.15, 0.2) is 0 Å². The van der Waals surface area contributed by atoms with Crippen molar-refractivity contribution in [2.24, 2.45) is 11.8 Å². The van der Waals surface area contributed by atoms with E-state index in [0.29, 0.717) is 24.0 Å². The van der Waals surface area contributed by atoms with E-state index in [0.717, 1.165) is 51.4 Å². The SMILES string of the molecule is CC1CC(NCCC2CNCN2)NC(NC(=O)NC2CCC(C)C(C)C2)N1. The average molecular weight is 382 g/mol. The smallest absolute Gasteiger partial charge is 0.317 e. The molecule has 2 amide bonds. The van der Waals surface area contributed by atoms with Gasteiger partial charge in [0.05, 0.1) is 6.17 Å². The quantitative estimate of drug-likeness (QED) is 0.355. The summed E-state index contributed by atoms with van der Waals surface area (Å²) in [6, 6.07) is 1.10. The Labute approximate surface area is 163 Å². The predicted octanol–water partition coefficient (Wildman–Crippen LogP) is 0.190. The van der Waals surface area contributed by atoms with E-state index in [1.165, 1.54) is 6.42 Å². The molecule has 0 spiro atoms. The minimum Gasteiger partial charge on any atom is -0.335 e. The van der Waals surface area contributed by atoms with Gasteiger partial charge in [0.1, 0.15) is 6.29 Å². The maximum absolute atomic E-state index is 12.4. The molecule has 8 nitrogen and oxygen atoms in total. The first kappa shape index (κ1) is 20.8. The number of urea groups is 1. The van der Waals surface area contributed by atoms with Crippen LogP contribution >= 0.6 is 0 Å². The zero-order chi connectivity index (χ0) is 19.2. The fourth-order valence-corrected chi connectivity index (χ4v) is 4.46. The van der Waals surface area contributed by atoms with Crippen LogP contribution < -0.4 is 37.2 Å². The first-order valence-corrected chi connectivity index (χ1v) is 10.8. The molecule has 3 rings (SSSR count). The van der Waals surface area contributed by atoms with Crippen LogP contribution in [0.15, 0.2) is 0 Å². The van der Waals surface area contributed by atoms with Gasteiger partial charge in [-0.3, -0.25) is 10.6 Å². The van der Waals surface area contributed by atoms with Gasteiger partial charge in [0.25, 0.3) is 0 Å². The number of carbonyl (C=O) groups excluding carboxylic acids is 1. The van der Waals surface area contributed by atoms with Gasteiger partial charge < -0.3 is 26.6 Å². The molecule has 2 saturated heterocycles. The molecule has 1 saturated carbocycles. The summed E-state index contributed by atoms with van der Waals surface area (Å²) >= 11 is 0. The van der Waals surface area contributed by atoms with E-state index in [1.807, 2.05) is 0 Å². The first-order chi connectivity index (χ1) is 13.0. The molecule has 3 fully saturated rings. The molecule has 0 bridgehead atoms. The van der Waals surface area contributed by atoms with Crippen LogP contribution in [-0.2, 0) is 0 Å². The van der Waals surface area contributed by atoms with Crippen molar-refractivity contribution in [3.8, 4) is 0 Å². The van der Waals surface area contributed by atoms with Gasteiger partial charge in [0, 0.05) is 31.3 Å². The van der Waals surface area contributed by atoms with Gasteiger partial charge in [-0.05, 0) is 57.4 Å². The van der Waals surface area contributed by atoms with Crippen LogP contribution in [0.5, 0.6) is 0 Å². The average Bonchev–Trinajstić information content (AvgIpc) is 3.11. The van der Waals surface area contributed by atoms with E-state index in [-0.39, 0.29) is 18.5 Å². The minimum atomic E-state index is -0.211. The molecule has 1 aliphatic carbocycles. The highest BCUT2D eigenvalue weighted by atomic mass is 16.2. The molecule has 7 N–H and O–H groups in total. The Hall–Kier alpha value is -0.930. The Balaban J connectivity index is 1.37. The summed E-state index contributed by atoms with van der Waals surface area (Å²) in [6.45, 7) is 9.67. The number of rotatable bonds is 6. The van der Waals surface area contributed by atoms with Gasteiger partial charge >= 0.3 is 6.03 Å². The predicted molar refractivity (Wildman–Crippen MR) is 108 cm³/mol. The lowest BCUT2D eigenvalue weighted by Gasteiger charge is -2.38. The van der Waals surface area contributed by atoms with Crippen LogP contribution in [0.3, 0.4) is 0 Å². The molecule has 0 aromatic rings. The highest BCUT2D eigenvalue weighted by Crippen LogP contribution is 2.29. The number of nitrogens with one attached hydrogen (secondary N) is 7. The minimum absolute atomic E-state index is 0.0826. The summed E-state index contributed by atoms with van der Waals surface area (Å²) in [4.78, 5) is 12.4. The third kappa shape index (κ3) is 6.57. The Morgan fingerprint density at radius 3 is 2.63 bits per heavy atom. The van der Waals surface area contributed by atoms with Crippen molar-refractivity contribution in [1.29, 1.82) is 0 Å². The molecular weight excluding hydrogens is 342 g/mol. The zero-order valence-corrected chi connectivity index (χ0v) is 17.1. The van der Waals surface area contributed by atoms with Crippen molar-refractivity contribution in [3.05, 3.63) is 0 Å². The lowest BCUT2D eigenvalue weighted by atomic mass is 9.79. The van der Waals surface area contributed by atoms with Crippen LogP contribution in [-0.4, -0.2) is 56.4 Å². The standard InChI is InChI=1S/C19H39N7O/c1-12-4-5-15(8-13(12)2)24-19(27)26-18-23-14(3)9-17(25-18)21-7-6-16-10-20-11-22-16/h12-18,20-23,25H,4-11H2,1-3H3,(H2,24,26,27). The molecule has 0 aromatic heterocycles. The van der Waals surface area contributed by atoms with Crippen LogP contribution in [0.1, 0.15) is 52.9 Å². The van der Waals surface area contributed by atoms with Crippen molar-refractivity contribution in [3.63, 3.8) is 0 Å². The van der Waals surface area contributed by atoms with Crippen molar-refractivity contribution in [1.82, 2.24) is 37.2 Å². The number of amides is 2. The largest absolute Gasteiger partial charge is 0.335 e. The number of hydrogen-bond donors (Lipinski definition) is 7. The van der Waals surface area contributed by atoms with Crippen LogP contribution in [0.2, 0.25) is 0 Å². The molecule has 3 aliphatic rings.